The Kier molecular flexibility index (Phi) is 2.89. The first-order chi connectivity index (χ1) is 7.15. The van der Waals surface area contributed by atoms with E-state index in [9.17, 15) is 0 Å². The highest BCUT2D eigenvalue weighted by Gasteiger charge is 2.03. The summed E-state index contributed by atoms with van der Waals surface area (Å²) >= 11 is 11.6. The van der Waals surface area contributed by atoms with E-state index in [1.165, 1.54) is 0 Å². The molecule has 0 radical (unpaired) electrons. The van der Waals surface area contributed by atoms with Crippen molar-refractivity contribution in [3.05, 3.63) is 46.3 Å². The van der Waals surface area contributed by atoms with Crippen LogP contribution in [-0.2, 0) is 0 Å². The fraction of sp³-hybridized carbons (Fsp3) is 0.0909. The number of aryl methyl sites for hydroxylation is 1. The Labute approximate surface area is 97.9 Å². The maximum absolute atomic E-state index is 5.82. The van der Waals surface area contributed by atoms with Crippen LogP contribution in [0.2, 0.25) is 10.3 Å². The first-order valence-corrected chi connectivity index (χ1v) is 5.17. The molecule has 0 atom stereocenters. The van der Waals surface area contributed by atoms with E-state index < -0.39 is 0 Å². The van der Waals surface area contributed by atoms with E-state index in [0.717, 1.165) is 16.8 Å². The summed E-state index contributed by atoms with van der Waals surface area (Å²) in [5.41, 5.74) is 2.87. The molecule has 0 aliphatic carbocycles. The van der Waals surface area contributed by atoms with Gasteiger partial charge < -0.3 is 0 Å². The van der Waals surface area contributed by atoms with Crippen LogP contribution in [0.4, 0.5) is 0 Å². The second-order valence-electron chi connectivity index (χ2n) is 3.22. The van der Waals surface area contributed by atoms with Crippen molar-refractivity contribution >= 4 is 23.2 Å². The average molecular weight is 239 g/mol. The summed E-state index contributed by atoms with van der Waals surface area (Å²) in [5, 5.41) is 0.751. The lowest BCUT2D eigenvalue weighted by atomic mass is 10.1. The zero-order valence-electron chi connectivity index (χ0n) is 8.04. The number of rotatable bonds is 1. The van der Waals surface area contributed by atoms with Crippen LogP contribution in [-0.4, -0.2) is 9.97 Å². The van der Waals surface area contributed by atoms with Gasteiger partial charge in [-0.15, -0.1) is 0 Å². The highest BCUT2D eigenvalue weighted by Crippen LogP contribution is 2.23. The molecule has 0 N–H and O–H groups in total. The molecule has 2 rings (SSSR count). The third-order valence-corrected chi connectivity index (χ3v) is 2.36. The smallest absolute Gasteiger partial charge is 0.131 e. The molecule has 76 valence electrons. The van der Waals surface area contributed by atoms with Gasteiger partial charge in [0.15, 0.2) is 0 Å². The molecule has 0 spiro atoms. The first kappa shape index (κ1) is 10.4. The predicted octanol–water partition coefficient (Wildman–Crippen LogP) is 3.76. The molecule has 0 aromatic carbocycles. The highest BCUT2D eigenvalue weighted by atomic mass is 35.5. The summed E-state index contributed by atoms with van der Waals surface area (Å²) in [4.78, 5) is 8.13. The summed E-state index contributed by atoms with van der Waals surface area (Å²) in [7, 11) is 0. The second-order valence-corrected chi connectivity index (χ2v) is 3.99. The van der Waals surface area contributed by atoms with Gasteiger partial charge in [0.05, 0.1) is 5.69 Å². The van der Waals surface area contributed by atoms with Crippen molar-refractivity contribution in [2.75, 3.05) is 0 Å². The van der Waals surface area contributed by atoms with Crippen molar-refractivity contribution in [1.29, 1.82) is 0 Å². The van der Waals surface area contributed by atoms with Gasteiger partial charge >= 0.3 is 0 Å². The Morgan fingerprint density at radius 2 is 1.73 bits per heavy atom. The predicted molar refractivity (Wildman–Crippen MR) is 62.2 cm³/mol. The van der Waals surface area contributed by atoms with Gasteiger partial charge in [-0.05, 0) is 36.8 Å². The van der Waals surface area contributed by atoms with Crippen LogP contribution in [0, 0.1) is 6.92 Å². The van der Waals surface area contributed by atoms with Gasteiger partial charge in [-0.25, -0.2) is 4.98 Å². The first-order valence-electron chi connectivity index (χ1n) is 4.41. The van der Waals surface area contributed by atoms with Crippen molar-refractivity contribution in [3.8, 4) is 11.3 Å². The number of halogens is 2. The van der Waals surface area contributed by atoms with Crippen LogP contribution in [0.25, 0.3) is 11.3 Å². The topological polar surface area (TPSA) is 25.8 Å². The van der Waals surface area contributed by atoms with E-state index in [-0.39, 0.29) is 0 Å². The van der Waals surface area contributed by atoms with Gasteiger partial charge in [-0.3, -0.25) is 4.98 Å². The largest absolute Gasteiger partial charge is 0.256 e. The highest BCUT2D eigenvalue weighted by molar-refractivity contribution is 6.32. The zero-order chi connectivity index (χ0) is 10.8. The molecule has 0 aliphatic heterocycles. The molecule has 0 bridgehead atoms. The molecule has 2 aromatic rings. The molecular weight excluding hydrogens is 231 g/mol. The molecule has 4 heteroatoms. The maximum Gasteiger partial charge on any atom is 0.131 e. The summed E-state index contributed by atoms with van der Waals surface area (Å²) in [5.74, 6) is 0. The number of pyridine rings is 2. The van der Waals surface area contributed by atoms with Crippen LogP contribution in [0.15, 0.2) is 30.5 Å². The Morgan fingerprint density at radius 1 is 1.07 bits per heavy atom. The van der Waals surface area contributed by atoms with Crippen LogP contribution in [0.1, 0.15) is 5.56 Å². The van der Waals surface area contributed by atoms with Crippen molar-refractivity contribution < 1.29 is 0 Å². The monoisotopic (exact) mass is 238 g/mol. The van der Waals surface area contributed by atoms with Crippen LogP contribution < -0.4 is 0 Å². The quantitative estimate of drug-likeness (QED) is 0.708. The summed E-state index contributed by atoms with van der Waals surface area (Å²) in [6, 6.07) is 7.40. The Balaban J connectivity index is 2.54. The second kappa shape index (κ2) is 4.17. The van der Waals surface area contributed by atoms with E-state index in [4.69, 9.17) is 23.2 Å². The zero-order valence-corrected chi connectivity index (χ0v) is 9.55. The number of hydrogen-bond donors (Lipinski definition) is 0. The molecule has 15 heavy (non-hydrogen) atoms. The van der Waals surface area contributed by atoms with Gasteiger partial charge in [0.25, 0.3) is 0 Å². The standard InChI is InChI=1S/C11H8Cl2N2/c1-7-2-3-14-9(4-7)8-5-10(12)15-11(13)6-8/h2-6H,1H3. The molecule has 0 saturated carbocycles. The number of nitrogens with zero attached hydrogens (tertiary/aromatic N) is 2. The SMILES string of the molecule is Cc1ccnc(-c2cc(Cl)nc(Cl)c2)c1. The van der Waals surface area contributed by atoms with Gasteiger partial charge in [-0.2, -0.15) is 0 Å². The fourth-order valence-corrected chi connectivity index (χ4v) is 1.77. The normalized spacial score (nSPS) is 10.3. The Bertz CT molecular complexity index is 477. The minimum atomic E-state index is 0.376. The lowest BCUT2D eigenvalue weighted by Crippen LogP contribution is -1.86. The lowest BCUT2D eigenvalue weighted by Gasteiger charge is -2.02. The third-order valence-electron chi connectivity index (χ3n) is 1.97. The van der Waals surface area contributed by atoms with E-state index in [1.807, 2.05) is 19.1 Å². The van der Waals surface area contributed by atoms with Crippen LogP contribution in [0.3, 0.4) is 0 Å². The van der Waals surface area contributed by atoms with E-state index in [0.29, 0.717) is 10.3 Å². The van der Waals surface area contributed by atoms with Gasteiger partial charge in [0.1, 0.15) is 10.3 Å². The molecular formula is C11H8Cl2N2. The average Bonchev–Trinajstić information content (AvgIpc) is 2.16. The van der Waals surface area contributed by atoms with Crippen molar-refractivity contribution in [2.45, 2.75) is 6.92 Å². The van der Waals surface area contributed by atoms with Crippen LogP contribution >= 0.6 is 23.2 Å². The molecule has 2 nitrogen and oxygen atoms in total. The van der Waals surface area contributed by atoms with Gasteiger partial charge in [-0.1, -0.05) is 23.2 Å². The molecule has 2 heterocycles. The van der Waals surface area contributed by atoms with Crippen molar-refractivity contribution in [2.24, 2.45) is 0 Å². The summed E-state index contributed by atoms with van der Waals surface area (Å²) in [6.45, 7) is 2.01. The van der Waals surface area contributed by atoms with Crippen molar-refractivity contribution in [1.82, 2.24) is 9.97 Å². The molecule has 0 unspecified atom stereocenters. The van der Waals surface area contributed by atoms with E-state index in [1.54, 1.807) is 18.3 Å². The van der Waals surface area contributed by atoms with Gasteiger partial charge in [0.2, 0.25) is 0 Å². The van der Waals surface area contributed by atoms with Gasteiger partial charge in [0, 0.05) is 11.8 Å². The third kappa shape index (κ3) is 2.46. The minimum Gasteiger partial charge on any atom is -0.256 e. The fourth-order valence-electron chi connectivity index (χ4n) is 1.31. The number of hydrogen-bond acceptors (Lipinski definition) is 2. The molecule has 0 fully saturated rings. The molecule has 2 aromatic heterocycles. The molecule has 0 aliphatic rings. The summed E-state index contributed by atoms with van der Waals surface area (Å²) < 4.78 is 0. The van der Waals surface area contributed by atoms with E-state index >= 15 is 0 Å². The Morgan fingerprint density at radius 3 is 2.33 bits per heavy atom. The minimum absolute atomic E-state index is 0.376. The molecule has 0 amide bonds. The molecule has 0 saturated heterocycles. The Hall–Kier alpha value is -1.12. The van der Waals surface area contributed by atoms with Crippen LogP contribution in [0.5, 0.6) is 0 Å². The van der Waals surface area contributed by atoms with E-state index in [2.05, 4.69) is 9.97 Å². The summed E-state index contributed by atoms with van der Waals surface area (Å²) in [6.07, 6.45) is 1.76. The van der Waals surface area contributed by atoms with Crippen molar-refractivity contribution in [3.63, 3.8) is 0 Å². The maximum atomic E-state index is 5.82. The number of aromatic nitrogens is 2. The lowest BCUT2D eigenvalue weighted by molar-refractivity contribution is 1.26.